The highest BCUT2D eigenvalue weighted by molar-refractivity contribution is 7.92. The highest BCUT2D eigenvalue weighted by Crippen LogP contribution is 2.29. The maximum atomic E-state index is 11.5. The van der Waals surface area contributed by atoms with Gasteiger partial charge in [-0.15, -0.1) is 0 Å². The largest absolute Gasteiger partial charge is 0.381 e. The van der Waals surface area contributed by atoms with Crippen molar-refractivity contribution in [1.82, 2.24) is 5.48 Å². The first-order chi connectivity index (χ1) is 7.44. The van der Waals surface area contributed by atoms with Crippen molar-refractivity contribution >= 4 is 15.7 Å². The number of hydrogen-bond acceptors (Lipinski definition) is 5. The molecule has 0 spiro atoms. The van der Waals surface area contributed by atoms with Gasteiger partial charge in [0.1, 0.15) is 0 Å². The van der Waals surface area contributed by atoms with Crippen molar-refractivity contribution in [2.45, 2.75) is 31.4 Å². The van der Waals surface area contributed by atoms with E-state index in [1.165, 1.54) is 5.48 Å². The standard InChI is InChI=1S/C7H13NO5S.C2H6/c1-14(11,12)7(6(9)8-10)2-4-13-5-3-7;1-2/h10H,2-5H2,1H3,(H,8,9);1-2H3. The summed E-state index contributed by atoms with van der Waals surface area (Å²) in [7, 11) is -3.55. The Balaban J connectivity index is 0.00000106. The lowest BCUT2D eigenvalue weighted by Crippen LogP contribution is -2.54. The number of hydrogen-bond donors (Lipinski definition) is 2. The molecule has 1 aliphatic heterocycles. The van der Waals surface area contributed by atoms with E-state index in [1.807, 2.05) is 13.8 Å². The summed E-state index contributed by atoms with van der Waals surface area (Å²) in [4.78, 5) is 11.3. The van der Waals surface area contributed by atoms with E-state index in [1.54, 1.807) is 0 Å². The molecule has 0 saturated carbocycles. The lowest BCUT2D eigenvalue weighted by Gasteiger charge is -2.32. The van der Waals surface area contributed by atoms with Crippen molar-refractivity contribution in [2.75, 3.05) is 19.5 Å². The average molecular weight is 253 g/mol. The molecule has 1 aliphatic rings. The maximum Gasteiger partial charge on any atom is 0.264 e. The van der Waals surface area contributed by atoms with Gasteiger partial charge in [-0.05, 0) is 12.8 Å². The van der Waals surface area contributed by atoms with Gasteiger partial charge in [0.2, 0.25) is 0 Å². The van der Waals surface area contributed by atoms with Crippen LogP contribution in [0.1, 0.15) is 26.7 Å². The molecule has 1 rings (SSSR count). The Bertz CT molecular complexity index is 319. The topological polar surface area (TPSA) is 92.7 Å². The lowest BCUT2D eigenvalue weighted by atomic mass is 9.98. The van der Waals surface area contributed by atoms with Crippen LogP contribution in [-0.2, 0) is 19.4 Å². The Hall–Kier alpha value is -0.660. The quantitative estimate of drug-likeness (QED) is 0.538. The molecule has 0 aromatic rings. The normalized spacial score (nSPS) is 19.2. The SMILES string of the molecule is CC.CS(=O)(=O)C1(C(=O)NO)CCOCC1. The Labute approximate surface area is 95.9 Å². The summed E-state index contributed by atoms with van der Waals surface area (Å²) < 4.78 is 26.4. The van der Waals surface area contributed by atoms with Crippen LogP contribution < -0.4 is 5.48 Å². The van der Waals surface area contributed by atoms with Gasteiger partial charge in [0.05, 0.1) is 0 Å². The summed E-state index contributed by atoms with van der Waals surface area (Å²) in [5.41, 5.74) is 1.41. The van der Waals surface area contributed by atoms with E-state index < -0.39 is 20.5 Å². The Morgan fingerprint density at radius 1 is 1.31 bits per heavy atom. The first-order valence-corrected chi connectivity index (χ1v) is 7.05. The summed E-state index contributed by atoms with van der Waals surface area (Å²) in [6, 6.07) is 0. The smallest absolute Gasteiger partial charge is 0.264 e. The zero-order valence-corrected chi connectivity index (χ0v) is 10.6. The van der Waals surface area contributed by atoms with Crippen LogP contribution in [0.4, 0.5) is 0 Å². The first kappa shape index (κ1) is 15.3. The fourth-order valence-corrected chi connectivity index (χ4v) is 2.86. The molecule has 1 heterocycles. The van der Waals surface area contributed by atoms with E-state index in [-0.39, 0.29) is 26.1 Å². The van der Waals surface area contributed by atoms with Crippen LogP contribution in [0.2, 0.25) is 0 Å². The van der Waals surface area contributed by atoms with Gasteiger partial charge in [0, 0.05) is 19.5 Å². The molecule has 1 amide bonds. The number of carbonyl (C=O) groups is 1. The molecular weight excluding hydrogens is 234 g/mol. The predicted molar refractivity (Wildman–Crippen MR) is 58.9 cm³/mol. The molecule has 1 fully saturated rings. The second kappa shape index (κ2) is 6.17. The number of rotatable bonds is 2. The highest BCUT2D eigenvalue weighted by Gasteiger charge is 2.49. The molecule has 0 radical (unpaired) electrons. The molecule has 0 aromatic carbocycles. The monoisotopic (exact) mass is 253 g/mol. The maximum absolute atomic E-state index is 11.5. The van der Waals surface area contributed by atoms with Crippen molar-refractivity contribution in [3.63, 3.8) is 0 Å². The number of ether oxygens (including phenoxy) is 1. The van der Waals surface area contributed by atoms with Gasteiger partial charge in [-0.3, -0.25) is 10.0 Å². The minimum atomic E-state index is -3.55. The second-order valence-electron chi connectivity index (χ2n) is 3.32. The molecule has 0 atom stereocenters. The minimum absolute atomic E-state index is 0.0816. The van der Waals surface area contributed by atoms with Crippen LogP contribution in [0.3, 0.4) is 0 Å². The van der Waals surface area contributed by atoms with Crippen LogP contribution >= 0.6 is 0 Å². The summed E-state index contributed by atoms with van der Waals surface area (Å²) >= 11 is 0. The van der Waals surface area contributed by atoms with Gasteiger partial charge in [-0.2, -0.15) is 0 Å². The molecular formula is C9H19NO5S. The van der Waals surface area contributed by atoms with Gasteiger partial charge in [-0.1, -0.05) is 13.8 Å². The van der Waals surface area contributed by atoms with Crippen molar-refractivity contribution < 1.29 is 23.2 Å². The van der Waals surface area contributed by atoms with E-state index in [4.69, 9.17) is 9.94 Å². The molecule has 0 aliphatic carbocycles. The Morgan fingerprint density at radius 3 is 2.06 bits per heavy atom. The Morgan fingerprint density at radius 2 is 1.75 bits per heavy atom. The predicted octanol–water partition coefficient (Wildman–Crippen LogP) is 0.112. The van der Waals surface area contributed by atoms with Crippen molar-refractivity contribution in [3.8, 4) is 0 Å². The fraction of sp³-hybridized carbons (Fsp3) is 0.889. The van der Waals surface area contributed by atoms with E-state index in [0.29, 0.717) is 0 Å². The molecule has 0 aromatic heterocycles. The molecule has 7 heteroatoms. The number of hydroxylamine groups is 1. The summed E-state index contributed by atoms with van der Waals surface area (Å²) in [5, 5.41) is 8.51. The third kappa shape index (κ3) is 2.93. The van der Waals surface area contributed by atoms with Crippen molar-refractivity contribution in [2.24, 2.45) is 0 Å². The number of nitrogens with one attached hydrogen (secondary N) is 1. The Kier molecular flexibility index (Phi) is 5.91. The zero-order chi connectivity index (χ0) is 12.8. The third-order valence-electron chi connectivity index (χ3n) is 2.53. The molecule has 96 valence electrons. The molecule has 0 unspecified atom stereocenters. The summed E-state index contributed by atoms with van der Waals surface area (Å²) in [5.74, 6) is -0.872. The molecule has 2 N–H and O–H groups in total. The van der Waals surface area contributed by atoms with Crippen LogP contribution in [0.25, 0.3) is 0 Å². The van der Waals surface area contributed by atoms with Gasteiger partial charge >= 0.3 is 0 Å². The second-order valence-corrected chi connectivity index (χ2v) is 5.65. The molecule has 0 bridgehead atoms. The number of sulfone groups is 1. The number of amides is 1. The zero-order valence-electron chi connectivity index (χ0n) is 9.82. The summed E-state index contributed by atoms with van der Waals surface area (Å²) in [6.45, 7) is 4.42. The van der Waals surface area contributed by atoms with Gasteiger partial charge in [-0.25, -0.2) is 13.9 Å². The van der Waals surface area contributed by atoms with Crippen LogP contribution in [0.5, 0.6) is 0 Å². The van der Waals surface area contributed by atoms with Gasteiger partial charge < -0.3 is 4.74 Å². The van der Waals surface area contributed by atoms with E-state index in [9.17, 15) is 13.2 Å². The van der Waals surface area contributed by atoms with Crippen molar-refractivity contribution in [1.29, 1.82) is 0 Å². The van der Waals surface area contributed by atoms with Gasteiger partial charge in [0.25, 0.3) is 5.91 Å². The van der Waals surface area contributed by atoms with Crippen molar-refractivity contribution in [3.05, 3.63) is 0 Å². The molecule has 1 saturated heterocycles. The first-order valence-electron chi connectivity index (χ1n) is 5.16. The average Bonchev–Trinajstić information content (AvgIpc) is 2.30. The molecule has 16 heavy (non-hydrogen) atoms. The third-order valence-corrected chi connectivity index (χ3v) is 4.54. The highest BCUT2D eigenvalue weighted by atomic mass is 32.2. The lowest BCUT2D eigenvalue weighted by molar-refractivity contribution is -0.134. The van der Waals surface area contributed by atoms with E-state index in [0.717, 1.165) is 6.26 Å². The van der Waals surface area contributed by atoms with Gasteiger partial charge in [0.15, 0.2) is 14.6 Å². The van der Waals surface area contributed by atoms with Crippen LogP contribution in [0, 0.1) is 0 Å². The fourth-order valence-electron chi connectivity index (χ4n) is 1.57. The number of carbonyl (C=O) groups excluding carboxylic acids is 1. The minimum Gasteiger partial charge on any atom is -0.381 e. The van der Waals surface area contributed by atoms with E-state index >= 15 is 0 Å². The van der Waals surface area contributed by atoms with E-state index in [2.05, 4.69) is 0 Å². The molecule has 6 nitrogen and oxygen atoms in total. The summed E-state index contributed by atoms with van der Waals surface area (Å²) in [6.07, 6.45) is 1.16. The van der Waals surface area contributed by atoms with Crippen LogP contribution in [0.15, 0.2) is 0 Å². The van der Waals surface area contributed by atoms with Crippen LogP contribution in [-0.4, -0.2) is 43.7 Å².